The monoisotopic (exact) mass is 316 g/mol. The Hall–Kier alpha value is 0.290. The topological polar surface area (TPSA) is 0 Å². The van der Waals surface area contributed by atoms with Crippen molar-refractivity contribution in [1.82, 2.24) is 0 Å². The van der Waals surface area contributed by atoms with E-state index in [0.717, 1.165) is 6.42 Å². The zero-order valence-corrected chi connectivity index (χ0v) is 15.9. The van der Waals surface area contributed by atoms with Crippen LogP contribution in [0, 0.1) is 0 Å². The molecule has 0 amide bonds. The smallest absolute Gasteiger partial charge is 0.0416 e. The summed E-state index contributed by atoms with van der Waals surface area (Å²) in [6.45, 7) is 6.66. The summed E-state index contributed by atoms with van der Waals surface area (Å²) in [5.74, 6) is 0. The van der Waals surface area contributed by atoms with Crippen LogP contribution in [-0.2, 0) is 0 Å². The fourth-order valence-corrected chi connectivity index (χ4v) is 3.00. The Kier molecular flexibility index (Phi) is 15.4. The number of hydrogen-bond acceptors (Lipinski definition) is 0. The maximum Gasteiger partial charge on any atom is 0.0416 e. The lowest BCUT2D eigenvalue weighted by atomic mass is 9.98. The van der Waals surface area contributed by atoms with E-state index >= 15 is 0 Å². The van der Waals surface area contributed by atoms with Gasteiger partial charge in [-0.25, -0.2) is 0 Å². The van der Waals surface area contributed by atoms with Crippen molar-refractivity contribution >= 4 is 11.6 Å². The molecule has 0 bridgehead atoms. The Labute approximate surface area is 140 Å². The summed E-state index contributed by atoms with van der Waals surface area (Å²) >= 11 is 6.37. The van der Waals surface area contributed by atoms with E-state index in [9.17, 15) is 0 Å². The molecule has 0 nitrogen and oxygen atoms in total. The van der Waals surface area contributed by atoms with Crippen molar-refractivity contribution in [2.75, 3.05) is 0 Å². The van der Waals surface area contributed by atoms with Crippen molar-refractivity contribution in [3.8, 4) is 0 Å². The molecule has 0 aliphatic rings. The second-order valence-corrected chi connectivity index (χ2v) is 8.03. The molecule has 128 valence electrons. The molecular formula is C20H41Cl. The standard InChI is InChI=1S/C20H41Cl/c1-4-6-7-8-9-10-11-12-13-14-15-16-17-18-19-20(3,21)5-2/h4-19H2,1-3H3. The quantitative estimate of drug-likeness (QED) is 0.198. The lowest BCUT2D eigenvalue weighted by Gasteiger charge is -2.19. The molecule has 0 aliphatic carbocycles. The molecule has 0 spiro atoms. The van der Waals surface area contributed by atoms with E-state index in [0.29, 0.717) is 0 Å². The highest BCUT2D eigenvalue weighted by Crippen LogP contribution is 2.26. The number of rotatable bonds is 16. The first-order valence-corrected chi connectivity index (χ1v) is 10.2. The van der Waals surface area contributed by atoms with Gasteiger partial charge in [0.25, 0.3) is 0 Å². The highest BCUT2D eigenvalue weighted by atomic mass is 35.5. The minimum atomic E-state index is 0.0527. The van der Waals surface area contributed by atoms with Crippen molar-refractivity contribution in [1.29, 1.82) is 0 Å². The number of unbranched alkanes of at least 4 members (excludes halogenated alkanes) is 13. The van der Waals surface area contributed by atoms with Gasteiger partial charge in [-0.2, -0.15) is 0 Å². The Bertz CT molecular complexity index is 198. The van der Waals surface area contributed by atoms with Crippen LogP contribution in [0.4, 0.5) is 0 Å². The molecular weight excluding hydrogens is 276 g/mol. The van der Waals surface area contributed by atoms with Crippen LogP contribution in [0.2, 0.25) is 0 Å². The summed E-state index contributed by atoms with van der Waals surface area (Å²) in [5, 5.41) is 0. The fourth-order valence-electron chi connectivity index (χ4n) is 2.86. The molecule has 0 N–H and O–H groups in total. The second kappa shape index (κ2) is 15.2. The molecule has 0 aliphatic heterocycles. The zero-order chi connectivity index (χ0) is 15.8. The molecule has 0 saturated heterocycles. The van der Waals surface area contributed by atoms with Crippen LogP contribution in [0.1, 0.15) is 124 Å². The molecule has 0 saturated carbocycles. The van der Waals surface area contributed by atoms with Crippen LogP contribution in [0.5, 0.6) is 0 Å². The van der Waals surface area contributed by atoms with E-state index in [1.54, 1.807) is 0 Å². The average Bonchev–Trinajstić information content (AvgIpc) is 2.47. The Morgan fingerprint density at radius 1 is 0.571 bits per heavy atom. The highest BCUT2D eigenvalue weighted by molar-refractivity contribution is 6.23. The fraction of sp³-hybridized carbons (Fsp3) is 1.00. The number of alkyl halides is 1. The summed E-state index contributed by atoms with van der Waals surface area (Å²) in [7, 11) is 0. The van der Waals surface area contributed by atoms with E-state index in [1.807, 2.05) is 0 Å². The molecule has 1 heteroatoms. The molecule has 0 fully saturated rings. The van der Waals surface area contributed by atoms with Crippen LogP contribution in [-0.4, -0.2) is 4.87 Å². The van der Waals surface area contributed by atoms with E-state index in [1.165, 1.54) is 96.3 Å². The van der Waals surface area contributed by atoms with Crippen molar-refractivity contribution < 1.29 is 0 Å². The van der Waals surface area contributed by atoms with Gasteiger partial charge in [-0.1, -0.05) is 104 Å². The van der Waals surface area contributed by atoms with Gasteiger partial charge in [-0.05, 0) is 19.8 Å². The van der Waals surface area contributed by atoms with E-state index in [-0.39, 0.29) is 4.87 Å². The molecule has 0 rings (SSSR count). The van der Waals surface area contributed by atoms with E-state index in [4.69, 9.17) is 11.6 Å². The molecule has 21 heavy (non-hydrogen) atoms. The number of halogens is 1. The van der Waals surface area contributed by atoms with Crippen molar-refractivity contribution in [3.05, 3.63) is 0 Å². The van der Waals surface area contributed by atoms with E-state index < -0.39 is 0 Å². The first-order valence-electron chi connectivity index (χ1n) is 9.81. The third-order valence-electron chi connectivity index (χ3n) is 4.79. The maximum atomic E-state index is 6.37. The molecule has 1 atom stereocenters. The van der Waals surface area contributed by atoms with Gasteiger partial charge in [0.05, 0.1) is 0 Å². The van der Waals surface area contributed by atoms with E-state index in [2.05, 4.69) is 20.8 Å². The van der Waals surface area contributed by atoms with Gasteiger partial charge in [0.2, 0.25) is 0 Å². The Balaban J connectivity index is 3.06. The van der Waals surface area contributed by atoms with Gasteiger partial charge in [0.1, 0.15) is 0 Å². The first-order chi connectivity index (χ1) is 10.1. The lowest BCUT2D eigenvalue weighted by Crippen LogP contribution is -2.13. The molecule has 0 heterocycles. The minimum absolute atomic E-state index is 0.0527. The third-order valence-corrected chi connectivity index (χ3v) is 5.25. The number of hydrogen-bond donors (Lipinski definition) is 0. The average molecular weight is 317 g/mol. The lowest BCUT2D eigenvalue weighted by molar-refractivity contribution is 0.493. The SMILES string of the molecule is CCCCCCCCCCCCCCCCC(C)(Cl)CC. The highest BCUT2D eigenvalue weighted by Gasteiger charge is 2.16. The summed E-state index contributed by atoms with van der Waals surface area (Å²) in [6, 6.07) is 0. The summed E-state index contributed by atoms with van der Waals surface area (Å²) in [5.41, 5.74) is 0. The maximum absolute atomic E-state index is 6.37. The van der Waals surface area contributed by atoms with Crippen LogP contribution in [0.3, 0.4) is 0 Å². The molecule has 0 aromatic rings. The van der Waals surface area contributed by atoms with Crippen LogP contribution in [0.25, 0.3) is 0 Å². The van der Waals surface area contributed by atoms with Crippen molar-refractivity contribution in [3.63, 3.8) is 0 Å². The second-order valence-electron chi connectivity index (χ2n) is 7.11. The van der Waals surface area contributed by atoms with Crippen LogP contribution >= 0.6 is 11.6 Å². The van der Waals surface area contributed by atoms with Crippen LogP contribution < -0.4 is 0 Å². The predicted octanol–water partition coefficient (Wildman–Crippen LogP) is 8.27. The molecule has 0 aromatic carbocycles. The van der Waals surface area contributed by atoms with Gasteiger partial charge in [-0.3, -0.25) is 0 Å². The molecule has 0 aromatic heterocycles. The third kappa shape index (κ3) is 16.5. The van der Waals surface area contributed by atoms with Gasteiger partial charge in [0, 0.05) is 4.87 Å². The normalized spacial score (nSPS) is 14.3. The minimum Gasteiger partial charge on any atom is -0.120 e. The Morgan fingerprint density at radius 3 is 1.24 bits per heavy atom. The van der Waals surface area contributed by atoms with Crippen molar-refractivity contribution in [2.45, 2.75) is 128 Å². The summed E-state index contributed by atoms with van der Waals surface area (Å²) < 4.78 is 0. The first kappa shape index (κ1) is 21.3. The predicted molar refractivity (Wildman–Crippen MR) is 99.5 cm³/mol. The van der Waals surface area contributed by atoms with Crippen molar-refractivity contribution in [2.24, 2.45) is 0 Å². The van der Waals surface area contributed by atoms with Crippen LogP contribution in [0.15, 0.2) is 0 Å². The van der Waals surface area contributed by atoms with Gasteiger partial charge in [-0.15, -0.1) is 11.6 Å². The zero-order valence-electron chi connectivity index (χ0n) is 15.2. The van der Waals surface area contributed by atoms with Gasteiger partial charge < -0.3 is 0 Å². The largest absolute Gasteiger partial charge is 0.120 e. The van der Waals surface area contributed by atoms with Gasteiger partial charge in [0.15, 0.2) is 0 Å². The summed E-state index contributed by atoms with van der Waals surface area (Å²) in [4.78, 5) is 0.0527. The van der Waals surface area contributed by atoms with Gasteiger partial charge >= 0.3 is 0 Å². The summed E-state index contributed by atoms with van der Waals surface area (Å²) in [6.07, 6.45) is 22.3. The molecule has 0 radical (unpaired) electrons. The Morgan fingerprint density at radius 2 is 0.905 bits per heavy atom. The molecule has 1 unspecified atom stereocenters.